The molecular formula is C36H53N3O6. The number of ether oxygens (including phenoxy) is 2. The number of nitrogens with zero attached hydrogens (tertiary/aromatic N) is 3. The molecule has 1 aromatic carbocycles. The molecule has 9 nitrogen and oxygen atoms in total. The molecule has 248 valence electrons. The highest BCUT2D eigenvalue weighted by Crippen LogP contribution is 2.65. The van der Waals surface area contributed by atoms with Gasteiger partial charge in [0.15, 0.2) is 0 Å². The Balaban J connectivity index is 1.70. The number of hydrogen-bond acceptors (Lipinski definition) is 7. The minimum Gasteiger partial charge on any atom is -0.465 e. The van der Waals surface area contributed by atoms with Crippen LogP contribution in [0.25, 0.3) is 0 Å². The van der Waals surface area contributed by atoms with Crippen molar-refractivity contribution in [2.45, 2.75) is 89.9 Å². The van der Waals surface area contributed by atoms with Crippen molar-refractivity contribution in [1.82, 2.24) is 4.90 Å². The molecule has 3 fully saturated rings. The molecule has 0 aromatic heterocycles. The van der Waals surface area contributed by atoms with Crippen LogP contribution in [0.2, 0.25) is 0 Å². The van der Waals surface area contributed by atoms with Crippen LogP contribution in [0.4, 0.5) is 11.4 Å². The van der Waals surface area contributed by atoms with E-state index in [0.29, 0.717) is 44.3 Å². The van der Waals surface area contributed by atoms with E-state index in [1.54, 1.807) is 15.9 Å². The number of anilines is 2. The first-order chi connectivity index (χ1) is 21.6. The van der Waals surface area contributed by atoms with Crippen molar-refractivity contribution in [2.24, 2.45) is 17.8 Å². The Kier molecular flexibility index (Phi) is 11.5. The van der Waals surface area contributed by atoms with Gasteiger partial charge in [-0.05, 0) is 95.9 Å². The van der Waals surface area contributed by atoms with Crippen LogP contribution >= 0.6 is 0 Å². The third-order valence-electron chi connectivity index (χ3n) is 10.3. The second kappa shape index (κ2) is 14.9. The second-order valence-electron chi connectivity index (χ2n) is 12.9. The van der Waals surface area contributed by atoms with Gasteiger partial charge in [-0.15, -0.1) is 13.2 Å². The lowest BCUT2D eigenvalue weighted by atomic mass is 9.62. The first-order valence-corrected chi connectivity index (χ1v) is 16.8. The topological polar surface area (TPSA) is 99.6 Å². The number of unbranched alkanes of at least 4 members (excludes halogenated alkanes) is 4. The first kappa shape index (κ1) is 34.7. The summed E-state index contributed by atoms with van der Waals surface area (Å²) >= 11 is 0. The zero-order chi connectivity index (χ0) is 32.8. The van der Waals surface area contributed by atoms with E-state index < -0.39 is 35.0 Å². The van der Waals surface area contributed by atoms with Crippen molar-refractivity contribution >= 4 is 29.2 Å². The van der Waals surface area contributed by atoms with Gasteiger partial charge < -0.3 is 29.3 Å². The molecule has 1 N–H and O–H groups in total. The van der Waals surface area contributed by atoms with E-state index in [0.717, 1.165) is 31.6 Å². The fourth-order valence-electron chi connectivity index (χ4n) is 7.87. The number of carbonyl (C=O) groups excluding carboxylic acids is 3. The molecule has 2 bridgehead atoms. The Bertz CT molecular complexity index is 1220. The summed E-state index contributed by atoms with van der Waals surface area (Å²) in [5.41, 5.74) is -0.285. The molecule has 3 aliphatic heterocycles. The molecule has 3 unspecified atom stereocenters. The molecule has 3 heterocycles. The van der Waals surface area contributed by atoms with Gasteiger partial charge in [0.2, 0.25) is 5.91 Å². The zero-order valence-corrected chi connectivity index (χ0v) is 27.7. The number of allylic oxidation sites excluding steroid dienone is 1. The molecular weight excluding hydrogens is 570 g/mol. The Morgan fingerprint density at radius 2 is 1.76 bits per heavy atom. The lowest BCUT2D eigenvalue weighted by Crippen LogP contribution is -2.57. The largest absolute Gasteiger partial charge is 0.465 e. The Morgan fingerprint density at radius 1 is 1.07 bits per heavy atom. The van der Waals surface area contributed by atoms with E-state index in [-0.39, 0.29) is 37.5 Å². The number of carbonyl (C=O) groups is 3. The van der Waals surface area contributed by atoms with E-state index in [1.807, 2.05) is 44.2 Å². The molecule has 9 heteroatoms. The highest BCUT2D eigenvalue weighted by molar-refractivity contribution is 6.05. The number of benzene rings is 1. The minimum atomic E-state index is -1.15. The lowest BCUT2D eigenvalue weighted by molar-refractivity contribution is -0.161. The Morgan fingerprint density at radius 3 is 2.38 bits per heavy atom. The molecule has 3 saturated heterocycles. The standard InChI is InChI=1S/C36H53N3O6/c1-7-11-12-16-24-44-34(43)30-29-32(41)39(22-14-13-15-23-40)31(36(29)25-26(5)35(30,6)45-36)33(42)38(21-8-2)28-19-17-27(18-20-28)37(9-3)10-4/h7-8,17-20,26,29-31,40H,1-2,9-16,21-25H2,3-6H3/t26?,29-,30+,31?,35-,36?/m0/s1. The number of esters is 1. The van der Waals surface area contributed by atoms with Gasteiger partial charge in [0, 0.05) is 44.2 Å². The maximum atomic E-state index is 14.8. The normalized spacial score (nSPS) is 28.2. The van der Waals surface area contributed by atoms with Crippen molar-refractivity contribution < 1.29 is 29.0 Å². The van der Waals surface area contributed by atoms with Crippen molar-refractivity contribution in [3.8, 4) is 0 Å². The van der Waals surface area contributed by atoms with Gasteiger partial charge in [0.25, 0.3) is 5.91 Å². The number of fused-ring (bicyclic) bond motifs is 1. The number of aliphatic hydroxyl groups excluding tert-OH is 1. The van der Waals surface area contributed by atoms with Crippen molar-refractivity contribution in [3.63, 3.8) is 0 Å². The number of hydrogen-bond donors (Lipinski definition) is 1. The predicted octanol–water partition coefficient (Wildman–Crippen LogP) is 5.12. The van der Waals surface area contributed by atoms with E-state index >= 15 is 0 Å². The van der Waals surface area contributed by atoms with Gasteiger partial charge in [0.05, 0.1) is 18.1 Å². The molecule has 0 radical (unpaired) electrons. The molecule has 1 aromatic rings. The van der Waals surface area contributed by atoms with Crippen LogP contribution in [-0.4, -0.2) is 84.4 Å². The van der Waals surface area contributed by atoms with E-state index in [9.17, 15) is 19.5 Å². The fraction of sp³-hybridized carbons (Fsp3) is 0.639. The van der Waals surface area contributed by atoms with Crippen molar-refractivity contribution in [3.05, 3.63) is 49.6 Å². The summed E-state index contributed by atoms with van der Waals surface area (Å²) in [6.45, 7) is 18.5. The molecule has 3 aliphatic rings. The maximum absolute atomic E-state index is 14.8. The van der Waals surface area contributed by atoms with Crippen molar-refractivity contribution in [1.29, 1.82) is 0 Å². The molecule has 0 saturated carbocycles. The SMILES string of the molecule is C=CCCCCOC(=O)[C@H]1[C@H]2C(=O)N(CCCCCO)C(C(=O)N(CC=C)c3ccc(N(CC)CC)cc3)C23CC(C)[C@]1(C)O3. The molecule has 2 amide bonds. The summed E-state index contributed by atoms with van der Waals surface area (Å²) in [7, 11) is 0. The average molecular weight is 624 g/mol. The molecule has 45 heavy (non-hydrogen) atoms. The van der Waals surface area contributed by atoms with Gasteiger partial charge in [-0.3, -0.25) is 14.4 Å². The van der Waals surface area contributed by atoms with Crippen LogP contribution < -0.4 is 9.80 Å². The fourth-order valence-corrected chi connectivity index (χ4v) is 7.87. The van der Waals surface area contributed by atoms with Crippen LogP contribution in [0.15, 0.2) is 49.6 Å². The number of aliphatic hydroxyl groups is 1. The first-order valence-electron chi connectivity index (χ1n) is 16.8. The molecule has 0 aliphatic carbocycles. The summed E-state index contributed by atoms with van der Waals surface area (Å²) in [5, 5.41) is 9.35. The summed E-state index contributed by atoms with van der Waals surface area (Å²) < 4.78 is 12.6. The van der Waals surface area contributed by atoms with Crippen LogP contribution in [0.3, 0.4) is 0 Å². The smallest absolute Gasteiger partial charge is 0.312 e. The minimum absolute atomic E-state index is 0.0642. The van der Waals surface area contributed by atoms with Crippen LogP contribution in [0, 0.1) is 17.8 Å². The highest BCUT2D eigenvalue weighted by Gasteiger charge is 2.80. The summed E-state index contributed by atoms with van der Waals surface area (Å²) in [6, 6.07) is 7.01. The quantitative estimate of drug-likeness (QED) is 0.138. The average Bonchev–Trinajstić information content (AvgIpc) is 3.54. The lowest BCUT2D eigenvalue weighted by Gasteiger charge is -2.37. The molecule has 1 spiro atoms. The third kappa shape index (κ3) is 6.43. The monoisotopic (exact) mass is 623 g/mol. The number of amides is 2. The van der Waals surface area contributed by atoms with Crippen LogP contribution in [0.1, 0.15) is 72.6 Å². The Labute approximate surface area is 269 Å². The second-order valence-corrected chi connectivity index (χ2v) is 12.9. The van der Waals surface area contributed by atoms with Gasteiger partial charge in [-0.1, -0.05) is 19.1 Å². The number of rotatable bonds is 18. The molecule has 4 rings (SSSR count). The van der Waals surface area contributed by atoms with E-state index in [4.69, 9.17) is 9.47 Å². The van der Waals surface area contributed by atoms with E-state index in [1.165, 1.54) is 0 Å². The third-order valence-corrected chi connectivity index (χ3v) is 10.3. The van der Waals surface area contributed by atoms with Gasteiger partial charge in [0.1, 0.15) is 17.6 Å². The summed E-state index contributed by atoms with van der Waals surface area (Å²) in [6.07, 6.45) is 8.41. The van der Waals surface area contributed by atoms with Crippen LogP contribution in [0.5, 0.6) is 0 Å². The van der Waals surface area contributed by atoms with Gasteiger partial charge in [-0.2, -0.15) is 0 Å². The Hall–Kier alpha value is -3.17. The highest BCUT2D eigenvalue weighted by atomic mass is 16.6. The van der Waals surface area contributed by atoms with Crippen molar-refractivity contribution in [2.75, 3.05) is 49.2 Å². The molecule has 6 atom stereocenters. The van der Waals surface area contributed by atoms with Crippen LogP contribution in [-0.2, 0) is 23.9 Å². The zero-order valence-electron chi connectivity index (χ0n) is 27.7. The van der Waals surface area contributed by atoms with Gasteiger partial charge >= 0.3 is 5.97 Å². The summed E-state index contributed by atoms with van der Waals surface area (Å²) in [5.74, 6) is -2.55. The van der Waals surface area contributed by atoms with E-state index in [2.05, 4.69) is 31.9 Å². The predicted molar refractivity (Wildman–Crippen MR) is 177 cm³/mol. The summed E-state index contributed by atoms with van der Waals surface area (Å²) in [4.78, 5) is 48.6. The number of likely N-dealkylation sites (tertiary alicyclic amines) is 1. The maximum Gasteiger partial charge on any atom is 0.312 e. The van der Waals surface area contributed by atoms with Gasteiger partial charge in [-0.25, -0.2) is 0 Å².